The normalized spacial score (nSPS) is 10.8. The van der Waals surface area contributed by atoms with Crippen molar-refractivity contribution in [1.29, 1.82) is 0 Å². The third-order valence-corrected chi connectivity index (χ3v) is 6.31. The van der Waals surface area contributed by atoms with Crippen molar-refractivity contribution in [2.75, 3.05) is 10.6 Å². The Morgan fingerprint density at radius 2 is 1.05 bits per heavy atom. The SMILES string of the molecule is O=Cc1c(-c2ccccc2)c[nH]c1Nc1ncnc(Nc2[nH]cc(-c3ccccc3)c2C=O)c2cncc1-2. The number of anilines is 4. The number of nitrogens with one attached hydrogen (secondary N) is 4. The van der Waals surface area contributed by atoms with E-state index < -0.39 is 0 Å². The number of carbonyl (C=O) groups is 2. The van der Waals surface area contributed by atoms with Crippen LogP contribution < -0.4 is 10.6 Å². The maximum Gasteiger partial charge on any atom is 0.154 e. The third kappa shape index (κ3) is 4.07. The van der Waals surface area contributed by atoms with Crippen LogP contribution in [0.5, 0.6) is 0 Å². The lowest BCUT2D eigenvalue weighted by Gasteiger charge is -2.08. The van der Waals surface area contributed by atoms with Gasteiger partial charge in [0.05, 0.1) is 11.1 Å². The van der Waals surface area contributed by atoms with Crippen molar-refractivity contribution in [3.05, 3.63) is 103 Å². The van der Waals surface area contributed by atoms with E-state index in [-0.39, 0.29) is 0 Å². The molecule has 38 heavy (non-hydrogen) atoms. The minimum absolute atomic E-state index is 0.467. The molecule has 0 fully saturated rings. The van der Waals surface area contributed by atoms with Crippen LogP contribution in [0.1, 0.15) is 20.7 Å². The number of benzene rings is 2. The second-order valence-electron chi connectivity index (χ2n) is 8.51. The molecule has 9 nitrogen and oxygen atoms in total. The summed E-state index contributed by atoms with van der Waals surface area (Å²) in [6.45, 7) is 0. The molecule has 2 aromatic heterocycles. The maximum atomic E-state index is 12.0. The van der Waals surface area contributed by atoms with Crippen molar-refractivity contribution in [2.24, 2.45) is 0 Å². The fourth-order valence-electron chi connectivity index (χ4n) is 4.46. The molecular weight excluding hydrogens is 478 g/mol. The van der Waals surface area contributed by atoms with E-state index in [0.717, 1.165) is 34.8 Å². The van der Waals surface area contributed by atoms with Crippen molar-refractivity contribution in [2.45, 2.75) is 0 Å². The lowest BCUT2D eigenvalue weighted by Crippen LogP contribution is -1.98. The van der Waals surface area contributed by atoms with Gasteiger partial charge in [-0.15, -0.1) is 0 Å². The summed E-state index contributed by atoms with van der Waals surface area (Å²) in [7, 11) is 0. The Morgan fingerprint density at radius 1 is 0.605 bits per heavy atom. The van der Waals surface area contributed by atoms with Crippen molar-refractivity contribution in [3.8, 4) is 33.4 Å². The Bertz CT molecular complexity index is 1580. The molecule has 0 aliphatic carbocycles. The number of fused-ring (bicyclic) bond motifs is 1. The van der Waals surface area contributed by atoms with Gasteiger partial charge in [0.1, 0.15) is 29.6 Å². The molecule has 4 N–H and O–H groups in total. The zero-order valence-corrected chi connectivity index (χ0v) is 20.0. The first-order valence-electron chi connectivity index (χ1n) is 11.8. The number of hydrogen-bond acceptors (Lipinski definition) is 7. The fourth-order valence-corrected chi connectivity index (χ4v) is 4.46. The Kier molecular flexibility index (Phi) is 5.91. The predicted molar refractivity (Wildman–Crippen MR) is 146 cm³/mol. The molecule has 6 rings (SSSR count). The summed E-state index contributed by atoms with van der Waals surface area (Å²) in [6.07, 6.45) is 9.94. The number of H-pyrrole nitrogens is 2. The van der Waals surface area contributed by atoms with E-state index in [0.29, 0.717) is 45.5 Å². The molecule has 2 aliphatic heterocycles. The molecule has 0 saturated heterocycles. The van der Waals surface area contributed by atoms with Gasteiger partial charge in [-0.3, -0.25) is 14.6 Å². The van der Waals surface area contributed by atoms with E-state index in [1.54, 1.807) is 24.8 Å². The van der Waals surface area contributed by atoms with Crippen LogP contribution in [-0.2, 0) is 0 Å². The van der Waals surface area contributed by atoms with Gasteiger partial charge in [-0.05, 0) is 11.1 Å². The van der Waals surface area contributed by atoms with Crippen LogP contribution in [0.2, 0.25) is 0 Å². The van der Waals surface area contributed by atoms with Crippen molar-refractivity contribution in [3.63, 3.8) is 0 Å². The first kappa shape index (κ1) is 22.9. The number of aromatic nitrogens is 5. The zero-order chi connectivity index (χ0) is 25.9. The average molecular weight is 500 g/mol. The van der Waals surface area contributed by atoms with E-state index in [9.17, 15) is 9.59 Å². The summed E-state index contributed by atoms with van der Waals surface area (Å²) >= 11 is 0. The molecule has 184 valence electrons. The highest BCUT2D eigenvalue weighted by Gasteiger charge is 2.20. The number of nitrogens with zero attached hydrogens (tertiary/aromatic N) is 3. The van der Waals surface area contributed by atoms with Crippen molar-refractivity contribution >= 4 is 35.8 Å². The summed E-state index contributed by atoms with van der Waals surface area (Å²) in [4.78, 5) is 43.6. The Hall–Kier alpha value is -5.57. The number of hydrogen-bond donors (Lipinski definition) is 4. The van der Waals surface area contributed by atoms with Gasteiger partial charge in [-0.2, -0.15) is 0 Å². The third-order valence-electron chi connectivity index (χ3n) is 6.31. The van der Waals surface area contributed by atoms with E-state index in [4.69, 9.17) is 0 Å². The van der Waals surface area contributed by atoms with Crippen LogP contribution in [-0.4, -0.2) is 37.5 Å². The Balaban J connectivity index is 1.33. The van der Waals surface area contributed by atoms with E-state index in [1.165, 1.54) is 6.33 Å². The van der Waals surface area contributed by atoms with E-state index >= 15 is 0 Å². The smallest absolute Gasteiger partial charge is 0.154 e. The molecule has 4 aromatic rings. The number of carbonyl (C=O) groups excluding carboxylic acids is 2. The molecule has 0 atom stereocenters. The molecule has 0 saturated carbocycles. The highest BCUT2D eigenvalue weighted by Crippen LogP contribution is 2.37. The molecule has 9 heteroatoms. The Morgan fingerprint density at radius 3 is 1.47 bits per heavy atom. The number of aldehydes is 2. The summed E-state index contributed by atoms with van der Waals surface area (Å²) < 4.78 is 0. The summed E-state index contributed by atoms with van der Waals surface area (Å²) in [5.74, 6) is 1.95. The van der Waals surface area contributed by atoms with Gasteiger partial charge in [0.15, 0.2) is 12.6 Å². The molecule has 0 radical (unpaired) electrons. The highest BCUT2D eigenvalue weighted by atomic mass is 16.1. The van der Waals surface area contributed by atoms with Gasteiger partial charge in [-0.1, -0.05) is 60.7 Å². The molecule has 4 heterocycles. The zero-order valence-electron chi connectivity index (χ0n) is 20.0. The molecular formula is C29H21N7O2. The topological polar surface area (TPSA) is 128 Å². The van der Waals surface area contributed by atoms with E-state index in [2.05, 4.69) is 35.6 Å². The van der Waals surface area contributed by atoms with Gasteiger partial charge in [0.2, 0.25) is 0 Å². The monoisotopic (exact) mass is 499 g/mol. The largest absolute Gasteiger partial charge is 0.347 e. The van der Waals surface area contributed by atoms with Crippen LogP contribution in [0.3, 0.4) is 0 Å². The quantitative estimate of drug-likeness (QED) is 0.187. The number of rotatable bonds is 8. The van der Waals surface area contributed by atoms with Gasteiger partial charge in [0.25, 0.3) is 0 Å². The van der Waals surface area contributed by atoms with Crippen LogP contribution in [0.4, 0.5) is 23.3 Å². The maximum absolute atomic E-state index is 12.0. The predicted octanol–water partition coefficient (Wildman–Crippen LogP) is 6.08. The summed E-state index contributed by atoms with van der Waals surface area (Å²) in [5.41, 5.74) is 5.74. The van der Waals surface area contributed by atoms with Crippen molar-refractivity contribution in [1.82, 2.24) is 24.9 Å². The molecule has 0 spiro atoms. The molecule has 0 amide bonds. The second-order valence-corrected chi connectivity index (χ2v) is 8.51. The van der Waals surface area contributed by atoms with Crippen LogP contribution >= 0.6 is 0 Å². The first-order chi connectivity index (χ1) is 18.8. The van der Waals surface area contributed by atoms with Gasteiger partial charge in [0, 0.05) is 47.0 Å². The molecule has 2 aromatic carbocycles. The lowest BCUT2D eigenvalue weighted by atomic mass is 10.0. The number of aromatic amines is 2. The standard InChI is InChI=1S/C29H21N7O2/c37-15-24-20(18-7-3-1-4-8-18)13-31-28(24)35-26-22-11-30-12-23(22)27(34-17-33-26)36-29-25(16-38)21(14-32-29)19-9-5-2-6-10-19/h1-17,31-32H,(H2,33,34,35,36). The van der Waals surface area contributed by atoms with E-state index in [1.807, 2.05) is 60.7 Å². The average Bonchev–Trinajstić information content (AvgIpc) is 3.69. The summed E-state index contributed by atoms with van der Waals surface area (Å²) in [5, 5.41) is 6.46. The minimum atomic E-state index is 0.467. The van der Waals surface area contributed by atoms with Gasteiger partial charge < -0.3 is 20.6 Å². The molecule has 2 aliphatic rings. The highest BCUT2D eigenvalue weighted by molar-refractivity contribution is 5.97. The lowest BCUT2D eigenvalue weighted by molar-refractivity contribution is 0.111. The molecule has 0 bridgehead atoms. The van der Waals surface area contributed by atoms with Crippen LogP contribution in [0.15, 0.2) is 91.8 Å². The first-order valence-corrected chi connectivity index (χ1v) is 11.8. The second kappa shape index (κ2) is 9.82. The van der Waals surface area contributed by atoms with Gasteiger partial charge in [-0.25, -0.2) is 9.97 Å². The molecule has 0 unspecified atom stereocenters. The minimum Gasteiger partial charge on any atom is -0.347 e. The van der Waals surface area contributed by atoms with Crippen LogP contribution in [0, 0.1) is 0 Å². The summed E-state index contributed by atoms with van der Waals surface area (Å²) in [6, 6.07) is 19.3. The van der Waals surface area contributed by atoms with Crippen molar-refractivity contribution < 1.29 is 9.59 Å². The fraction of sp³-hybridized carbons (Fsp3) is 0. The van der Waals surface area contributed by atoms with Gasteiger partial charge >= 0.3 is 0 Å². The van der Waals surface area contributed by atoms with Crippen LogP contribution in [0.25, 0.3) is 33.4 Å². The Labute approximate surface area is 217 Å².